The molecule has 3 heterocycles. The van der Waals surface area contributed by atoms with Gasteiger partial charge in [-0.3, -0.25) is 19.5 Å². The molecule has 0 radical (unpaired) electrons. The number of nitrogens with two attached hydrogens (primary N) is 1. The van der Waals surface area contributed by atoms with E-state index in [0.29, 0.717) is 30.0 Å². The van der Waals surface area contributed by atoms with Crippen LogP contribution in [0.15, 0.2) is 77.3 Å². The highest BCUT2D eigenvalue weighted by atomic mass is 32.2. The summed E-state index contributed by atoms with van der Waals surface area (Å²) in [6.07, 6.45) is 2.19. The lowest BCUT2D eigenvalue weighted by atomic mass is 9.97. The molecule has 3 aromatic rings. The zero-order valence-electron chi connectivity index (χ0n) is 17.7. The lowest BCUT2D eigenvalue weighted by Crippen LogP contribution is -2.29. The molecule has 0 saturated carbocycles. The topological polar surface area (TPSA) is 140 Å². The van der Waals surface area contributed by atoms with E-state index in [4.69, 9.17) is 9.88 Å². The molecule has 1 saturated heterocycles. The van der Waals surface area contributed by atoms with Crippen LogP contribution in [0.5, 0.6) is 5.75 Å². The molecule has 2 aliphatic rings. The number of primary sulfonamides is 1. The van der Waals surface area contributed by atoms with E-state index in [9.17, 15) is 23.1 Å². The predicted octanol–water partition coefficient (Wildman–Crippen LogP) is 2.29. The molecular formula is C24H19N3O6S. The van der Waals surface area contributed by atoms with Gasteiger partial charge < -0.3 is 9.84 Å². The van der Waals surface area contributed by atoms with E-state index in [1.165, 1.54) is 35.4 Å². The fraction of sp³-hybridized carbons (Fsp3) is 0.125. The number of ether oxygens (including phenoxy) is 1. The van der Waals surface area contributed by atoms with E-state index < -0.39 is 27.8 Å². The largest absolute Gasteiger partial charge is 0.507 e. The van der Waals surface area contributed by atoms with Crippen molar-refractivity contribution in [2.24, 2.45) is 5.14 Å². The number of sulfonamides is 1. The molecule has 0 aliphatic carbocycles. The van der Waals surface area contributed by atoms with E-state index in [-0.39, 0.29) is 21.9 Å². The zero-order chi connectivity index (χ0) is 24.0. The van der Waals surface area contributed by atoms with Gasteiger partial charge in [-0.25, -0.2) is 13.6 Å². The fourth-order valence-electron chi connectivity index (χ4n) is 4.20. The van der Waals surface area contributed by atoms with Crippen LogP contribution < -0.4 is 14.8 Å². The maximum absolute atomic E-state index is 13.2. The van der Waals surface area contributed by atoms with Gasteiger partial charge in [0.25, 0.3) is 11.7 Å². The molecule has 1 atom stereocenters. The molecule has 10 heteroatoms. The van der Waals surface area contributed by atoms with E-state index in [2.05, 4.69) is 4.98 Å². The Balaban J connectivity index is 1.67. The number of amides is 1. The van der Waals surface area contributed by atoms with Crippen molar-refractivity contribution in [1.29, 1.82) is 0 Å². The quantitative estimate of drug-likeness (QED) is 0.334. The monoisotopic (exact) mass is 477 g/mol. The molecule has 0 bridgehead atoms. The Morgan fingerprint density at radius 3 is 2.53 bits per heavy atom. The van der Waals surface area contributed by atoms with Gasteiger partial charge in [-0.1, -0.05) is 6.07 Å². The highest BCUT2D eigenvalue weighted by Gasteiger charge is 2.47. The number of aliphatic hydroxyl groups is 1. The first-order valence-corrected chi connectivity index (χ1v) is 11.9. The second-order valence-corrected chi connectivity index (χ2v) is 9.44. The van der Waals surface area contributed by atoms with E-state index in [1.807, 2.05) is 0 Å². The Labute approximate surface area is 195 Å². The number of aromatic nitrogens is 1. The van der Waals surface area contributed by atoms with E-state index in [1.54, 1.807) is 36.4 Å². The van der Waals surface area contributed by atoms with Gasteiger partial charge in [0.05, 0.1) is 22.8 Å². The van der Waals surface area contributed by atoms with Crippen molar-refractivity contribution in [3.63, 3.8) is 0 Å². The average Bonchev–Trinajstić information content (AvgIpc) is 3.41. The predicted molar refractivity (Wildman–Crippen MR) is 122 cm³/mol. The number of nitrogens with zero attached hydrogens (tertiary/aromatic N) is 2. The number of ketones is 1. The number of carbonyl (C=O) groups excluding carboxylic acids is 2. The molecule has 2 aliphatic heterocycles. The molecule has 34 heavy (non-hydrogen) atoms. The van der Waals surface area contributed by atoms with Crippen LogP contribution >= 0.6 is 0 Å². The van der Waals surface area contributed by atoms with Gasteiger partial charge >= 0.3 is 0 Å². The minimum absolute atomic E-state index is 0.113. The number of Topliss-reactive ketones (excluding diaryl/α,β-unsaturated/α-hetero) is 1. The first-order chi connectivity index (χ1) is 16.3. The Bertz CT molecular complexity index is 1450. The third-order valence-corrected chi connectivity index (χ3v) is 6.75. The summed E-state index contributed by atoms with van der Waals surface area (Å²) in [4.78, 5) is 31.7. The van der Waals surface area contributed by atoms with Crippen LogP contribution in [0.25, 0.3) is 5.76 Å². The van der Waals surface area contributed by atoms with Crippen molar-refractivity contribution in [3.8, 4) is 5.75 Å². The number of fused-ring (bicyclic) bond motifs is 1. The molecule has 1 amide bonds. The van der Waals surface area contributed by atoms with Gasteiger partial charge in [0.2, 0.25) is 10.0 Å². The number of carbonyl (C=O) groups is 2. The van der Waals surface area contributed by atoms with E-state index in [0.717, 1.165) is 5.56 Å². The smallest absolute Gasteiger partial charge is 0.300 e. The first-order valence-electron chi connectivity index (χ1n) is 10.4. The summed E-state index contributed by atoms with van der Waals surface area (Å²) in [6, 6.07) is 14.4. The average molecular weight is 477 g/mol. The highest BCUT2D eigenvalue weighted by Crippen LogP contribution is 2.42. The molecule has 3 N–H and O–H groups in total. The summed E-state index contributed by atoms with van der Waals surface area (Å²) < 4.78 is 28.8. The molecule has 172 valence electrons. The zero-order valence-corrected chi connectivity index (χ0v) is 18.5. The van der Waals surface area contributed by atoms with Crippen molar-refractivity contribution < 1.29 is 27.9 Å². The Morgan fingerprint density at radius 1 is 1.09 bits per heavy atom. The summed E-state index contributed by atoms with van der Waals surface area (Å²) in [5.74, 6) is -1.36. The van der Waals surface area contributed by atoms with Crippen LogP contribution in [-0.2, 0) is 26.0 Å². The summed E-state index contributed by atoms with van der Waals surface area (Å²) in [5, 5.41) is 16.4. The van der Waals surface area contributed by atoms with Crippen molar-refractivity contribution in [3.05, 3.63) is 89.3 Å². The number of benzene rings is 2. The maximum atomic E-state index is 13.2. The molecule has 1 fully saturated rings. The maximum Gasteiger partial charge on any atom is 0.300 e. The number of rotatable bonds is 4. The van der Waals surface area contributed by atoms with Gasteiger partial charge in [0, 0.05) is 23.9 Å². The summed E-state index contributed by atoms with van der Waals surface area (Å²) in [5.41, 5.74) is 1.78. The second-order valence-electron chi connectivity index (χ2n) is 7.88. The third-order valence-electron chi connectivity index (χ3n) is 5.82. The molecule has 2 aromatic carbocycles. The minimum atomic E-state index is -3.94. The minimum Gasteiger partial charge on any atom is -0.507 e. The Kier molecular flexibility index (Phi) is 5.18. The van der Waals surface area contributed by atoms with Crippen molar-refractivity contribution >= 4 is 33.2 Å². The lowest BCUT2D eigenvalue weighted by molar-refractivity contribution is -0.132. The van der Waals surface area contributed by atoms with Gasteiger partial charge in [-0.05, 0) is 60.2 Å². The van der Waals surface area contributed by atoms with Crippen LogP contribution in [0.3, 0.4) is 0 Å². The molecule has 5 rings (SSSR count). The number of pyridine rings is 1. The van der Waals surface area contributed by atoms with Crippen LogP contribution in [0, 0.1) is 0 Å². The summed E-state index contributed by atoms with van der Waals surface area (Å²) in [6.45, 7) is 0.534. The fourth-order valence-corrected chi connectivity index (χ4v) is 4.72. The van der Waals surface area contributed by atoms with E-state index >= 15 is 0 Å². The number of aliphatic hydroxyl groups excluding tert-OH is 1. The lowest BCUT2D eigenvalue weighted by Gasteiger charge is -2.24. The first kappa shape index (κ1) is 21.8. The molecule has 1 aromatic heterocycles. The Morgan fingerprint density at radius 2 is 1.85 bits per heavy atom. The van der Waals surface area contributed by atoms with Crippen LogP contribution in [-0.4, -0.2) is 36.8 Å². The second kappa shape index (κ2) is 8.08. The van der Waals surface area contributed by atoms with Crippen LogP contribution in [0.4, 0.5) is 5.69 Å². The standard InChI is InChI=1S/C24H19N3O6S/c25-34(31,32)17-7-5-16(6-8-17)27-21(18-3-1-2-11-26-18)20(23(29)24(27)30)22(28)15-4-9-19-14(13-15)10-12-33-19/h1-9,11,13,21,28H,10,12H2,(H2,25,31,32)/b22-20-. The molecule has 1 unspecified atom stereocenters. The number of anilines is 1. The van der Waals surface area contributed by atoms with Crippen LogP contribution in [0.2, 0.25) is 0 Å². The molecule has 9 nitrogen and oxygen atoms in total. The third kappa shape index (κ3) is 3.62. The van der Waals surface area contributed by atoms with Crippen molar-refractivity contribution in [1.82, 2.24) is 4.98 Å². The molecular weight excluding hydrogens is 458 g/mol. The van der Waals surface area contributed by atoms with Gasteiger partial charge in [0.15, 0.2) is 0 Å². The van der Waals surface area contributed by atoms with Crippen LogP contribution in [0.1, 0.15) is 22.9 Å². The highest BCUT2D eigenvalue weighted by molar-refractivity contribution is 7.89. The van der Waals surface area contributed by atoms with Gasteiger partial charge in [-0.2, -0.15) is 0 Å². The van der Waals surface area contributed by atoms with Gasteiger partial charge in [-0.15, -0.1) is 0 Å². The Hall–Kier alpha value is -4.02. The normalized spacial score (nSPS) is 19.2. The summed E-state index contributed by atoms with van der Waals surface area (Å²) in [7, 11) is -3.94. The van der Waals surface area contributed by atoms with Gasteiger partial charge in [0.1, 0.15) is 17.6 Å². The number of hydrogen-bond acceptors (Lipinski definition) is 7. The number of hydrogen-bond donors (Lipinski definition) is 2. The molecule has 0 spiro atoms. The summed E-state index contributed by atoms with van der Waals surface area (Å²) >= 11 is 0. The van der Waals surface area contributed by atoms with Crippen molar-refractivity contribution in [2.45, 2.75) is 17.4 Å². The van der Waals surface area contributed by atoms with Crippen molar-refractivity contribution in [2.75, 3.05) is 11.5 Å². The SMILES string of the molecule is NS(=O)(=O)c1ccc(N2C(=O)C(=O)/C(=C(\O)c3ccc4c(c3)CCO4)C2c2ccccn2)cc1.